The SMILES string of the molecule is Cc1ccc(C)c2sc(N(CC3CCCO3)C(=O)C(C)C)nc12. The molecule has 1 aromatic heterocycles. The van der Waals surface area contributed by atoms with Crippen molar-refractivity contribution >= 4 is 32.6 Å². The molecule has 124 valence electrons. The highest BCUT2D eigenvalue weighted by atomic mass is 32.1. The summed E-state index contributed by atoms with van der Waals surface area (Å²) >= 11 is 1.61. The van der Waals surface area contributed by atoms with Crippen LogP contribution in [-0.2, 0) is 9.53 Å². The first-order chi connectivity index (χ1) is 11.0. The second-order valence-electron chi connectivity index (χ2n) is 6.61. The van der Waals surface area contributed by atoms with E-state index in [2.05, 4.69) is 26.0 Å². The van der Waals surface area contributed by atoms with Gasteiger partial charge in [-0.05, 0) is 37.8 Å². The smallest absolute Gasteiger partial charge is 0.231 e. The highest BCUT2D eigenvalue weighted by Crippen LogP contribution is 2.34. The minimum absolute atomic E-state index is 0.0504. The lowest BCUT2D eigenvalue weighted by Crippen LogP contribution is -2.39. The van der Waals surface area contributed by atoms with Gasteiger partial charge in [0.05, 0.1) is 22.9 Å². The van der Waals surface area contributed by atoms with E-state index in [0.29, 0.717) is 6.54 Å². The lowest BCUT2D eigenvalue weighted by atomic mass is 10.1. The summed E-state index contributed by atoms with van der Waals surface area (Å²) in [5.74, 6) is 0.0699. The molecule has 0 bridgehead atoms. The Morgan fingerprint density at radius 1 is 1.39 bits per heavy atom. The van der Waals surface area contributed by atoms with Crippen LogP contribution >= 0.6 is 11.3 Å². The molecule has 1 aliphatic heterocycles. The zero-order valence-electron chi connectivity index (χ0n) is 14.3. The predicted molar refractivity (Wildman–Crippen MR) is 95.3 cm³/mol. The molecule has 1 unspecified atom stereocenters. The number of hydrogen-bond acceptors (Lipinski definition) is 4. The van der Waals surface area contributed by atoms with Crippen molar-refractivity contribution in [3.63, 3.8) is 0 Å². The van der Waals surface area contributed by atoms with E-state index in [4.69, 9.17) is 9.72 Å². The molecule has 1 aromatic carbocycles. The Hall–Kier alpha value is -1.46. The number of thiazole rings is 1. The molecule has 5 heteroatoms. The van der Waals surface area contributed by atoms with Gasteiger partial charge < -0.3 is 4.74 Å². The minimum Gasteiger partial charge on any atom is -0.376 e. The van der Waals surface area contributed by atoms with Crippen LogP contribution in [0, 0.1) is 19.8 Å². The molecule has 2 aromatic rings. The van der Waals surface area contributed by atoms with E-state index < -0.39 is 0 Å². The molecule has 0 saturated carbocycles. The average molecular weight is 332 g/mol. The molecule has 0 aliphatic carbocycles. The molecule has 1 aliphatic rings. The summed E-state index contributed by atoms with van der Waals surface area (Å²) in [6, 6.07) is 4.21. The number of nitrogens with zero attached hydrogens (tertiary/aromatic N) is 2. The zero-order chi connectivity index (χ0) is 16.6. The quantitative estimate of drug-likeness (QED) is 0.847. The van der Waals surface area contributed by atoms with Gasteiger partial charge in [0.25, 0.3) is 0 Å². The molecule has 3 rings (SSSR count). The molecule has 1 atom stereocenters. The molecule has 2 heterocycles. The van der Waals surface area contributed by atoms with Crippen LogP contribution in [0.3, 0.4) is 0 Å². The lowest BCUT2D eigenvalue weighted by Gasteiger charge is -2.24. The van der Waals surface area contributed by atoms with Crippen LogP contribution in [0.1, 0.15) is 37.8 Å². The summed E-state index contributed by atoms with van der Waals surface area (Å²) in [5, 5.41) is 0.798. The Morgan fingerprint density at radius 2 is 2.13 bits per heavy atom. The Bertz CT molecular complexity index is 678. The fourth-order valence-corrected chi connectivity index (χ4v) is 4.06. The number of aryl methyl sites for hydroxylation is 2. The topological polar surface area (TPSA) is 42.4 Å². The number of fused-ring (bicyclic) bond motifs is 1. The first kappa shape index (κ1) is 16.4. The summed E-state index contributed by atoms with van der Waals surface area (Å²) in [6.07, 6.45) is 2.23. The number of benzene rings is 1. The van der Waals surface area contributed by atoms with E-state index in [1.54, 1.807) is 11.3 Å². The van der Waals surface area contributed by atoms with Gasteiger partial charge in [0, 0.05) is 12.5 Å². The lowest BCUT2D eigenvalue weighted by molar-refractivity contribution is -0.121. The van der Waals surface area contributed by atoms with Crippen LogP contribution in [-0.4, -0.2) is 30.1 Å². The predicted octanol–water partition coefficient (Wildman–Crippen LogP) is 4.08. The van der Waals surface area contributed by atoms with Crippen molar-refractivity contribution < 1.29 is 9.53 Å². The third kappa shape index (κ3) is 3.26. The van der Waals surface area contributed by atoms with Gasteiger partial charge >= 0.3 is 0 Å². The van der Waals surface area contributed by atoms with Gasteiger partial charge in [0.1, 0.15) is 0 Å². The summed E-state index contributed by atoms with van der Waals surface area (Å²) in [5.41, 5.74) is 3.38. The molecule has 0 N–H and O–H groups in total. The maximum absolute atomic E-state index is 12.7. The normalized spacial score (nSPS) is 18.0. The van der Waals surface area contributed by atoms with Crippen molar-refractivity contribution in [1.29, 1.82) is 0 Å². The first-order valence-corrected chi connectivity index (χ1v) is 9.08. The summed E-state index contributed by atoms with van der Waals surface area (Å²) in [6.45, 7) is 9.45. The third-order valence-electron chi connectivity index (χ3n) is 4.33. The van der Waals surface area contributed by atoms with Gasteiger partial charge in [0.2, 0.25) is 5.91 Å². The van der Waals surface area contributed by atoms with Gasteiger partial charge in [-0.25, -0.2) is 4.98 Å². The Balaban J connectivity index is 1.99. The maximum atomic E-state index is 12.7. The standard InChI is InChI=1S/C18H24N2O2S/c1-11(2)17(21)20(10-14-6-5-9-22-14)18-19-15-12(3)7-8-13(4)16(15)23-18/h7-8,11,14H,5-6,9-10H2,1-4H3. The van der Waals surface area contributed by atoms with Crippen molar-refractivity contribution in [1.82, 2.24) is 4.98 Å². The molecule has 1 amide bonds. The van der Waals surface area contributed by atoms with Gasteiger partial charge in [-0.3, -0.25) is 9.69 Å². The molecular formula is C18H24N2O2S. The summed E-state index contributed by atoms with van der Waals surface area (Å²) in [4.78, 5) is 19.3. The van der Waals surface area contributed by atoms with Crippen molar-refractivity contribution in [3.8, 4) is 0 Å². The molecule has 0 radical (unpaired) electrons. The molecule has 4 nitrogen and oxygen atoms in total. The Kier molecular flexibility index (Phi) is 4.69. The second-order valence-corrected chi connectivity index (χ2v) is 7.59. The number of amides is 1. The van der Waals surface area contributed by atoms with Crippen LogP contribution in [0.15, 0.2) is 12.1 Å². The number of anilines is 1. The van der Waals surface area contributed by atoms with E-state index in [0.717, 1.165) is 35.7 Å². The summed E-state index contributed by atoms with van der Waals surface area (Å²) in [7, 11) is 0. The highest BCUT2D eigenvalue weighted by molar-refractivity contribution is 7.22. The van der Waals surface area contributed by atoms with Crippen molar-refractivity contribution in [2.24, 2.45) is 5.92 Å². The van der Waals surface area contributed by atoms with Crippen LogP contribution < -0.4 is 4.90 Å². The Labute approximate surface area is 141 Å². The monoisotopic (exact) mass is 332 g/mol. The van der Waals surface area contributed by atoms with Crippen molar-refractivity contribution in [2.75, 3.05) is 18.1 Å². The molecule has 0 spiro atoms. The molecular weight excluding hydrogens is 308 g/mol. The second kappa shape index (κ2) is 6.57. The number of rotatable bonds is 4. The van der Waals surface area contributed by atoms with Crippen LogP contribution in [0.5, 0.6) is 0 Å². The zero-order valence-corrected chi connectivity index (χ0v) is 15.1. The van der Waals surface area contributed by atoms with E-state index in [9.17, 15) is 4.79 Å². The minimum atomic E-state index is -0.0504. The van der Waals surface area contributed by atoms with E-state index in [-0.39, 0.29) is 17.9 Å². The van der Waals surface area contributed by atoms with E-state index in [1.807, 2.05) is 18.7 Å². The number of carbonyl (C=O) groups excluding carboxylic acids is 1. The van der Waals surface area contributed by atoms with Crippen LogP contribution in [0.25, 0.3) is 10.2 Å². The number of hydrogen-bond donors (Lipinski definition) is 0. The van der Waals surface area contributed by atoms with Crippen LogP contribution in [0.2, 0.25) is 0 Å². The molecule has 1 saturated heterocycles. The Morgan fingerprint density at radius 3 is 2.74 bits per heavy atom. The largest absolute Gasteiger partial charge is 0.376 e. The fourth-order valence-electron chi connectivity index (χ4n) is 2.93. The molecule has 1 fully saturated rings. The number of aromatic nitrogens is 1. The number of carbonyl (C=O) groups is 1. The third-order valence-corrected chi connectivity index (χ3v) is 5.55. The first-order valence-electron chi connectivity index (χ1n) is 8.27. The van der Waals surface area contributed by atoms with Gasteiger partial charge in [0.15, 0.2) is 5.13 Å². The average Bonchev–Trinajstić information content (AvgIpc) is 3.17. The van der Waals surface area contributed by atoms with Gasteiger partial charge in [-0.2, -0.15) is 0 Å². The van der Waals surface area contributed by atoms with Crippen LogP contribution in [0.4, 0.5) is 5.13 Å². The van der Waals surface area contributed by atoms with Gasteiger partial charge in [-0.1, -0.05) is 37.3 Å². The van der Waals surface area contributed by atoms with E-state index in [1.165, 1.54) is 10.3 Å². The highest BCUT2D eigenvalue weighted by Gasteiger charge is 2.27. The molecule has 23 heavy (non-hydrogen) atoms. The van der Waals surface area contributed by atoms with Crippen molar-refractivity contribution in [3.05, 3.63) is 23.3 Å². The number of ether oxygens (including phenoxy) is 1. The van der Waals surface area contributed by atoms with E-state index >= 15 is 0 Å². The fraction of sp³-hybridized carbons (Fsp3) is 0.556. The van der Waals surface area contributed by atoms with Crippen molar-refractivity contribution in [2.45, 2.75) is 46.6 Å². The maximum Gasteiger partial charge on any atom is 0.231 e. The van der Waals surface area contributed by atoms with Gasteiger partial charge in [-0.15, -0.1) is 0 Å². The summed E-state index contributed by atoms with van der Waals surface area (Å²) < 4.78 is 6.91.